The van der Waals surface area contributed by atoms with Crippen LogP contribution in [0.2, 0.25) is 0 Å². The van der Waals surface area contributed by atoms with Crippen LogP contribution in [-0.2, 0) is 28.6 Å². The van der Waals surface area contributed by atoms with Crippen molar-refractivity contribution in [2.24, 2.45) is 0 Å². The molecule has 0 radical (unpaired) electrons. The molecular weight excluding hydrogens is 997 g/mol. The van der Waals surface area contributed by atoms with Gasteiger partial charge >= 0.3 is 17.9 Å². The Kier molecular flexibility index (Phi) is 66.6. The maximum Gasteiger partial charge on any atom is 0.306 e. The highest BCUT2D eigenvalue weighted by molar-refractivity contribution is 5.71. The maximum atomic E-state index is 12.9. The van der Waals surface area contributed by atoms with Gasteiger partial charge in [-0.05, 0) is 70.6 Å². The summed E-state index contributed by atoms with van der Waals surface area (Å²) in [7, 11) is 0. The molecule has 0 aliphatic carbocycles. The molecule has 81 heavy (non-hydrogen) atoms. The van der Waals surface area contributed by atoms with Crippen molar-refractivity contribution in [1.82, 2.24) is 0 Å². The van der Waals surface area contributed by atoms with Crippen LogP contribution in [0, 0.1) is 0 Å². The first kappa shape index (κ1) is 77.9. The number of hydrogen-bond acceptors (Lipinski definition) is 6. The van der Waals surface area contributed by atoms with E-state index >= 15 is 0 Å². The van der Waals surface area contributed by atoms with Crippen molar-refractivity contribution in [1.29, 1.82) is 0 Å². The smallest absolute Gasteiger partial charge is 0.306 e. The molecule has 0 saturated heterocycles. The van der Waals surface area contributed by atoms with Gasteiger partial charge in [-0.1, -0.05) is 351 Å². The number of hydrogen-bond donors (Lipinski definition) is 0. The number of carbonyl (C=O) groups is 3. The fourth-order valence-electron chi connectivity index (χ4n) is 10.5. The van der Waals surface area contributed by atoms with Gasteiger partial charge in [-0.3, -0.25) is 14.4 Å². The van der Waals surface area contributed by atoms with Crippen molar-refractivity contribution in [3.8, 4) is 0 Å². The predicted molar refractivity (Wildman–Crippen MR) is 353 cm³/mol. The van der Waals surface area contributed by atoms with E-state index in [1.807, 2.05) is 0 Å². The summed E-state index contributed by atoms with van der Waals surface area (Å²) in [6, 6.07) is 0. The lowest BCUT2D eigenvalue weighted by Crippen LogP contribution is -2.30. The average Bonchev–Trinajstić information content (AvgIpc) is 3.47. The van der Waals surface area contributed by atoms with Crippen LogP contribution >= 0.6 is 0 Å². The topological polar surface area (TPSA) is 78.9 Å². The van der Waals surface area contributed by atoms with Crippen LogP contribution in [0.15, 0.2) is 72.9 Å². The van der Waals surface area contributed by atoms with Gasteiger partial charge in [0.15, 0.2) is 6.10 Å². The Labute approximate surface area is 503 Å². The highest BCUT2D eigenvalue weighted by Crippen LogP contribution is 2.18. The second-order valence-corrected chi connectivity index (χ2v) is 23.8. The van der Waals surface area contributed by atoms with Crippen LogP contribution in [0.1, 0.15) is 367 Å². The molecule has 470 valence electrons. The van der Waals surface area contributed by atoms with E-state index in [1.165, 1.54) is 218 Å². The van der Waals surface area contributed by atoms with E-state index in [0.717, 1.165) is 109 Å². The summed E-state index contributed by atoms with van der Waals surface area (Å²) in [4.78, 5) is 38.1. The first-order valence-corrected chi connectivity index (χ1v) is 35.4. The van der Waals surface area contributed by atoms with Gasteiger partial charge < -0.3 is 14.2 Å². The minimum Gasteiger partial charge on any atom is -0.462 e. The minimum atomic E-state index is -0.780. The molecule has 0 aliphatic heterocycles. The molecule has 1 atom stereocenters. The Hall–Kier alpha value is -3.15. The molecule has 1 unspecified atom stereocenters. The summed E-state index contributed by atoms with van der Waals surface area (Å²) < 4.78 is 16.8. The Morgan fingerprint density at radius 2 is 0.481 bits per heavy atom. The standard InChI is InChI=1S/C75H134O6/c1-4-7-10-13-16-18-20-22-24-26-28-30-32-34-35-36-37-38-39-40-42-43-45-47-49-51-53-55-57-59-62-65-68-74(77)80-71-72(70-79-73(76)67-64-61-15-12-9-6-3)81-75(78)69-66-63-60-58-56-54-52-50-48-46-44-41-33-31-29-27-25-23-21-19-17-14-11-8-5-2/h8,11,17,19,23,25,29,31,41,44,48,50,72H,4-7,9-10,12-16,18,20-22,24,26-28,30,32-40,42-43,45-47,49,51-71H2,1-3H3/b11-8-,19-17-,25-23-,31-29-,44-41-,50-48-. The molecule has 0 aromatic carbocycles. The van der Waals surface area contributed by atoms with Crippen molar-refractivity contribution in [3.63, 3.8) is 0 Å². The molecule has 0 spiro atoms. The van der Waals surface area contributed by atoms with Crippen molar-refractivity contribution >= 4 is 17.9 Å². The average molecular weight is 1130 g/mol. The van der Waals surface area contributed by atoms with Gasteiger partial charge in [-0.15, -0.1) is 0 Å². The third kappa shape index (κ3) is 67.5. The fourth-order valence-corrected chi connectivity index (χ4v) is 10.5. The van der Waals surface area contributed by atoms with E-state index in [9.17, 15) is 14.4 Å². The van der Waals surface area contributed by atoms with Crippen molar-refractivity contribution < 1.29 is 28.6 Å². The zero-order valence-corrected chi connectivity index (χ0v) is 54.1. The lowest BCUT2D eigenvalue weighted by molar-refractivity contribution is -0.167. The largest absolute Gasteiger partial charge is 0.462 e. The third-order valence-electron chi connectivity index (χ3n) is 15.7. The molecule has 0 aromatic rings. The summed E-state index contributed by atoms with van der Waals surface area (Å²) in [5.41, 5.74) is 0. The van der Waals surface area contributed by atoms with Gasteiger partial charge in [-0.2, -0.15) is 0 Å². The SMILES string of the molecule is CC/C=C\C/C=C\C/C=C\C/C=C\C/C=C\C/C=C\CCCCCCCCC(=O)OC(COC(=O)CCCCCCCC)COC(=O)CCCCCCCCCCCCCCCCCCCCCCCCCCCCCCCCCC. The van der Waals surface area contributed by atoms with Gasteiger partial charge in [0.25, 0.3) is 0 Å². The molecule has 6 nitrogen and oxygen atoms in total. The number of carbonyl (C=O) groups excluding carboxylic acids is 3. The Balaban J connectivity index is 4.00. The molecule has 0 fully saturated rings. The second kappa shape index (κ2) is 69.3. The van der Waals surface area contributed by atoms with Crippen molar-refractivity contribution in [2.45, 2.75) is 374 Å². The molecule has 0 bridgehead atoms. The van der Waals surface area contributed by atoms with Gasteiger partial charge in [-0.25, -0.2) is 0 Å². The Morgan fingerprint density at radius 1 is 0.259 bits per heavy atom. The zero-order valence-electron chi connectivity index (χ0n) is 54.1. The molecule has 0 aromatic heterocycles. The van der Waals surface area contributed by atoms with E-state index in [-0.39, 0.29) is 31.1 Å². The molecule has 6 heteroatoms. The van der Waals surface area contributed by atoms with Crippen LogP contribution in [0.3, 0.4) is 0 Å². The predicted octanol–water partition coefficient (Wildman–Crippen LogP) is 24.4. The molecule has 0 saturated carbocycles. The highest BCUT2D eigenvalue weighted by Gasteiger charge is 2.19. The molecule has 0 heterocycles. The lowest BCUT2D eigenvalue weighted by atomic mass is 10.0. The second-order valence-electron chi connectivity index (χ2n) is 23.8. The third-order valence-corrected chi connectivity index (χ3v) is 15.7. The molecule has 0 rings (SSSR count). The Bertz CT molecular complexity index is 1490. The first-order chi connectivity index (χ1) is 40.0. The quantitative estimate of drug-likeness (QED) is 0.0261. The summed E-state index contributed by atoms with van der Waals surface area (Å²) in [5.74, 6) is -0.886. The van der Waals surface area contributed by atoms with Gasteiger partial charge in [0.05, 0.1) is 0 Å². The first-order valence-electron chi connectivity index (χ1n) is 35.4. The summed E-state index contributed by atoms with van der Waals surface area (Å²) in [6.07, 6.45) is 91.3. The van der Waals surface area contributed by atoms with Crippen LogP contribution in [0.5, 0.6) is 0 Å². The number of ether oxygens (including phenoxy) is 3. The number of unbranched alkanes of at least 4 members (excludes halogenated alkanes) is 42. The van der Waals surface area contributed by atoms with E-state index in [0.29, 0.717) is 19.3 Å². The van der Waals surface area contributed by atoms with E-state index in [1.54, 1.807) is 0 Å². The van der Waals surface area contributed by atoms with Crippen LogP contribution in [0.25, 0.3) is 0 Å². The van der Waals surface area contributed by atoms with Crippen LogP contribution in [0.4, 0.5) is 0 Å². The summed E-state index contributed by atoms with van der Waals surface area (Å²) >= 11 is 0. The van der Waals surface area contributed by atoms with E-state index < -0.39 is 6.10 Å². The van der Waals surface area contributed by atoms with E-state index in [4.69, 9.17) is 14.2 Å². The monoisotopic (exact) mass is 1130 g/mol. The van der Waals surface area contributed by atoms with Gasteiger partial charge in [0.2, 0.25) is 0 Å². The van der Waals surface area contributed by atoms with Crippen LogP contribution in [-0.4, -0.2) is 37.2 Å². The highest BCUT2D eigenvalue weighted by atomic mass is 16.6. The Morgan fingerprint density at radius 3 is 0.753 bits per heavy atom. The summed E-state index contributed by atoms with van der Waals surface area (Å²) in [6.45, 7) is 6.50. The van der Waals surface area contributed by atoms with Gasteiger partial charge in [0.1, 0.15) is 13.2 Å². The van der Waals surface area contributed by atoms with Crippen molar-refractivity contribution in [3.05, 3.63) is 72.9 Å². The van der Waals surface area contributed by atoms with E-state index in [2.05, 4.69) is 93.7 Å². The van der Waals surface area contributed by atoms with Gasteiger partial charge in [0, 0.05) is 19.3 Å². The summed E-state index contributed by atoms with van der Waals surface area (Å²) in [5, 5.41) is 0. The zero-order chi connectivity index (χ0) is 58.5. The normalized spacial score (nSPS) is 12.5. The maximum absolute atomic E-state index is 12.9. The molecule has 0 N–H and O–H groups in total. The molecule has 0 amide bonds. The minimum absolute atomic E-state index is 0.0781. The lowest BCUT2D eigenvalue weighted by Gasteiger charge is -2.18. The van der Waals surface area contributed by atoms with Crippen molar-refractivity contribution in [2.75, 3.05) is 13.2 Å². The number of esters is 3. The number of allylic oxidation sites excluding steroid dienone is 12. The fraction of sp³-hybridized carbons (Fsp3) is 0.800. The number of rotatable bonds is 65. The molecular formula is C75H134O6. The molecule has 0 aliphatic rings. The van der Waals surface area contributed by atoms with Crippen LogP contribution < -0.4 is 0 Å².